The molecule has 0 aromatic heterocycles. The van der Waals surface area contributed by atoms with E-state index >= 15 is 0 Å². The van der Waals surface area contributed by atoms with Gasteiger partial charge in [0.25, 0.3) is 0 Å². The van der Waals surface area contributed by atoms with E-state index in [2.05, 4.69) is 13.2 Å². The Balaban J connectivity index is 0.00000260. The number of carbonyl (C=O) groups is 4. The highest BCUT2D eigenvalue weighted by Gasteiger charge is 2.12. The molecule has 0 aliphatic heterocycles. The summed E-state index contributed by atoms with van der Waals surface area (Å²) in [6.45, 7) is 10.2. The van der Waals surface area contributed by atoms with E-state index in [0.29, 0.717) is 11.5 Å². The molecule has 39 heavy (non-hydrogen) atoms. The minimum absolute atomic E-state index is 0.140. The van der Waals surface area contributed by atoms with E-state index in [1.54, 1.807) is 12.1 Å². The van der Waals surface area contributed by atoms with Crippen LogP contribution in [0.2, 0.25) is 0 Å². The topological polar surface area (TPSA) is 114 Å². The van der Waals surface area contributed by atoms with E-state index in [4.69, 9.17) is 23.7 Å². The molecular weight excluding hydrogens is 504 g/mol. The van der Waals surface area contributed by atoms with Gasteiger partial charge < -0.3 is 23.7 Å². The molecule has 0 saturated carbocycles. The van der Waals surface area contributed by atoms with E-state index in [1.165, 1.54) is 66.7 Å². The first-order valence-electron chi connectivity index (χ1n) is 11.8. The van der Waals surface area contributed by atoms with Crippen LogP contribution in [-0.4, -0.2) is 37.1 Å². The van der Waals surface area contributed by atoms with Crippen molar-refractivity contribution >= 4 is 23.7 Å². The van der Waals surface area contributed by atoms with Gasteiger partial charge in [0, 0.05) is 6.08 Å². The van der Waals surface area contributed by atoms with Crippen LogP contribution in [0.25, 0.3) is 0 Å². The Bertz CT molecular complexity index is 1280. The zero-order valence-corrected chi connectivity index (χ0v) is 21.6. The Kier molecular flexibility index (Phi) is 12.2. The highest BCUT2D eigenvalue weighted by atomic mass is 16.7. The number of hydrogen-bond acceptors (Lipinski definition) is 9. The summed E-state index contributed by atoms with van der Waals surface area (Å²) < 4.78 is 25.9. The summed E-state index contributed by atoms with van der Waals surface area (Å²) in [7, 11) is 0. The molecule has 0 saturated heterocycles. The van der Waals surface area contributed by atoms with E-state index < -0.39 is 17.9 Å². The molecule has 0 aliphatic carbocycles. The van der Waals surface area contributed by atoms with Gasteiger partial charge in [0.05, 0.1) is 11.1 Å². The van der Waals surface area contributed by atoms with Crippen LogP contribution in [-0.2, 0) is 14.3 Å². The van der Waals surface area contributed by atoms with Crippen molar-refractivity contribution in [3.8, 4) is 23.0 Å². The molecule has 0 N–H and O–H groups in total. The third-order valence-electron chi connectivity index (χ3n) is 4.63. The van der Waals surface area contributed by atoms with Gasteiger partial charge in [0.15, 0.2) is 12.4 Å². The van der Waals surface area contributed by atoms with E-state index in [9.17, 15) is 19.2 Å². The zero-order chi connectivity index (χ0) is 28.6. The Labute approximate surface area is 226 Å². The summed E-state index contributed by atoms with van der Waals surface area (Å²) in [5.74, 6) is -0.756. The lowest BCUT2D eigenvalue weighted by molar-refractivity contribution is -0.144. The lowest BCUT2D eigenvalue weighted by Gasteiger charge is -2.09. The minimum Gasteiger partial charge on any atom is -0.485 e. The highest BCUT2D eigenvalue weighted by Crippen LogP contribution is 2.21. The molecule has 0 radical (unpaired) electrons. The second-order valence-corrected chi connectivity index (χ2v) is 7.19. The van der Waals surface area contributed by atoms with Gasteiger partial charge in [-0.2, -0.15) is 0 Å². The first-order chi connectivity index (χ1) is 18.9. The van der Waals surface area contributed by atoms with Crippen molar-refractivity contribution in [3.05, 3.63) is 109 Å². The normalized spacial score (nSPS) is 9.59. The minimum atomic E-state index is -0.611. The Morgan fingerprint density at radius 1 is 0.615 bits per heavy atom. The molecule has 0 atom stereocenters. The number of benzene rings is 3. The van der Waals surface area contributed by atoms with Crippen LogP contribution < -0.4 is 18.9 Å². The maximum atomic E-state index is 12.4. The van der Waals surface area contributed by atoms with Gasteiger partial charge in [-0.15, -0.1) is 0 Å². The van der Waals surface area contributed by atoms with Crippen LogP contribution in [0.3, 0.4) is 0 Å². The maximum absolute atomic E-state index is 12.4. The van der Waals surface area contributed by atoms with Gasteiger partial charge in [-0.05, 0) is 78.9 Å². The van der Waals surface area contributed by atoms with Crippen molar-refractivity contribution in [3.63, 3.8) is 0 Å². The Morgan fingerprint density at radius 2 is 1.03 bits per heavy atom. The monoisotopic (exact) mass is 532 g/mol. The lowest BCUT2D eigenvalue weighted by Crippen LogP contribution is -2.10. The molecule has 9 heteroatoms. The maximum Gasteiger partial charge on any atom is 0.343 e. The number of ketones is 1. The first kappa shape index (κ1) is 30.0. The third-order valence-corrected chi connectivity index (χ3v) is 4.63. The number of carbonyl (C=O) groups excluding carboxylic acids is 4. The van der Waals surface area contributed by atoms with Gasteiger partial charge in [-0.3, -0.25) is 4.79 Å². The lowest BCUT2D eigenvalue weighted by atomic mass is 10.2. The van der Waals surface area contributed by atoms with E-state index in [-0.39, 0.29) is 41.8 Å². The average molecular weight is 533 g/mol. The third kappa shape index (κ3) is 10.0. The second kappa shape index (κ2) is 15.8. The fraction of sp³-hybridized carbons (Fsp3) is 0.133. The SMILES string of the molecule is C=CC(=O)COc1ccc(C(=O)Oc2ccc(OC(=O)c3ccc(OCOC(=O)C=C)cc3)cc2)cc1.CC. The Morgan fingerprint density at radius 3 is 1.44 bits per heavy atom. The van der Waals surface area contributed by atoms with Gasteiger partial charge in [0.1, 0.15) is 23.0 Å². The molecule has 0 heterocycles. The molecule has 202 valence electrons. The molecule has 0 unspecified atom stereocenters. The van der Waals surface area contributed by atoms with Gasteiger partial charge in [-0.25, -0.2) is 14.4 Å². The van der Waals surface area contributed by atoms with Gasteiger partial charge in [0.2, 0.25) is 6.79 Å². The predicted molar refractivity (Wildman–Crippen MR) is 143 cm³/mol. The second-order valence-electron chi connectivity index (χ2n) is 7.19. The van der Waals surface area contributed by atoms with Crippen molar-refractivity contribution in [1.29, 1.82) is 0 Å². The van der Waals surface area contributed by atoms with Crippen LogP contribution >= 0.6 is 0 Å². The fourth-order valence-electron chi connectivity index (χ4n) is 2.71. The van der Waals surface area contributed by atoms with Crippen molar-refractivity contribution in [1.82, 2.24) is 0 Å². The molecule has 0 fully saturated rings. The molecule has 0 bridgehead atoms. The molecule has 0 spiro atoms. The molecule has 0 amide bonds. The zero-order valence-electron chi connectivity index (χ0n) is 21.6. The summed E-state index contributed by atoms with van der Waals surface area (Å²) in [6.07, 6.45) is 2.19. The first-order valence-corrected chi connectivity index (χ1v) is 11.8. The predicted octanol–water partition coefficient (Wildman–Crippen LogP) is 5.35. The van der Waals surface area contributed by atoms with Crippen LogP contribution in [0.1, 0.15) is 34.6 Å². The highest BCUT2D eigenvalue weighted by molar-refractivity contribution is 5.92. The van der Waals surface area contributed by atoms with Crippen molar-refractivity contribution in [2.45, 2.75) is 13.8 Å². The van der Waals surface area contributed by atoms with Crippen molar-refractivity contribution < 1.29 is 42.9 Å². The molecule has 0 aliphatic rings. The number of hydrogen-bond donors (Lipinski definition) is 0. The number of ether oxygens (including phenoxy) is 5. The average Bonchev–Trinajstić information content (AvgIpc) is 2.98. The summed E-state index contributed by atoms with van der Waals surface area (Å²) >= 11 is 0. The smallest absolute Gasteiger partial charge is 0.343 e. The van der Waals surface area contributed by atoms with Crippen LogP contribution in [0.5, 0.6) is 23.0 Å². The summed E-state index contributed by atoms with van der Waals surface area (Å²) in [6, 6.07) is 18.1. The quantitative estimate of drug-likeness (QED) is 0.132. The standard InChI is InChI=1S/C28H22O9.C2H6/c1-3-21(29)17-33-22-9-5-19(6-10-22)27(31)36-24-13-15-25(16-14-24)37-28(32)20-7-11-23(12-8-20)34-18-35-26(30)4-2;1-2/h3-16H,1-2,17-18H2;1-2H3. The number of rotatable bonds is 12. The summed E-state index contributed by atoms with van der Waals surface area (Å²) in [5, 5.41) is 0. The Hall–Kier alpha value is -5.18. The van der Waals surface area contributed by atoms with Crippen LogP contribution in [0, 0.1) is 0 Å². The largest absolute Gasteiger partial charge is 0.485 e. The summed E-state index contributed by atoms with van der Waals surface area (Å²) in [5.41, 5.74) is 0.552. The van der Waals surface area contributed by atoms with Gasteiger partial charge >= 0.3 is 17.9 Å². The van der Waals surface area contributed by atoms with Gasteiger partial charge in [-0.1, -0.05) is 27.0 Å². The summed E-state index contributed by atoms with van der Waals surface area (Å²) in [4.78, 5) is 47.0. The van der Waals surface area contributed by atoms with Crippen molar-refractivity contribution in [2.24, 2.45) is 0 Å². The number of esters is 3. The molecule has 9 nitrogen and oxygen atoms in total. The van der Waals surface area contributed by atoms with E-state index in [1.807, 2.05) is 13.8 Å². The van der Waals surface area contributed by atoms with Crippen LogP contribution in [0.4, 0.5) is 0 Å². The molecule has 3 aromatic carbocycles. The van der Waals surface area contributed by atoms with E-state index in [0.717, 1.165) is 6.08 Å². The van der Waals surface area contributed by atoms with Crippen molar-refractivity contribution in [2.75, 3.05) is 13.4 Å². The molecule has 3 aromatic rings. The molecule has 3 rings (SSSR count). The fourth-order valence-corrected chi connectivity index (χ4v) is 2.71. The molecular formula is C30H28O9. The van der Waals surface area contributed by atoms with Crippen LogP contribution in [0.15, 0.2) is 98.1 Å².